The average molecular weight is 446 g/mol. The van der Waals surface area contributed by atoms with Crippen LogP contribution in [0.25, 0.3) is 0 Å². The number of hydrogen-bond acceptors (Lipinski definition) is 11. The highest BCUT2D eigenvalue weighted by Crippen LogP contribution is 2.30. The molecule has 0 aromatic rings. The van der Waals surface area contributed by atoms with Gasteiger partial charge in [0.1, 0.15) is 18.5 Å². The van der Waals surface area contributed by atoms with Gasteiger partial charge in [-0.05, 0) is 19.8 Å². The van der Waals surface area contributed by atoms with Crippen LogP contribution in [-0.2, 0) is 52.4 Å². The van der Waals surface area contributed by atoms with E-state index >= 15 is 0 Å². The van der Waals surface area contributed by atoms with Crippen LogP contribution in [-0.4, -0.2) is 73.6 Å². The summed E-state index contributed by atoms with van der Waals surface area (Å²) in [4.78, 5) is 57.4. The van der Waals surface area contributed by atoms with E-state index in [0.717, 1.165) is 20.8 Å². The highest BCUT2D eigenvalue weighted by atomic mass is 16.7. The molecule has 0 aromatic carbocycles. The van der Waals surface area contributed by atoms with Gasteiger partial charge in [-0.15, -0.1) is 0 Å². The Hall–Kier alpha value is -2.53. The maximum atomic E-state index is 11.7. The Labute approximate surface area is 180 Å². The molecule has 2 unspecified atom stereocenters. The van der Waals surface area contributed by atoms with E-state index < -0.39 is 54.6 Å². The van der Waals surface area contributed by atoms with E-state index in [4.69, 9.17) is 28.4 Å². The van der Waals surface area contributed by atoms with Gasteiger partial charge < -0.3 is 33.2 Å². The second-order valence-electron chi connectivity index (χ2n) is 7.10. The van der Waals surface area contributed by atoms with Gasteiger partial charge in [0.25, 0.3) is 0 Å². The van der Waals surface area contributed by atoms with Gasteiger partial charge in [0, 0.05) is 40.7 Å². The molecule has 0 saturated carbocycles. The van der Waals surface area contributed by atoms with E-state index in [0.29, 0.717) is 19.3 Å². The summed E-state index contributed by atoms with van der Waals surface area (Å²) in [5.74, 6) is -2.67. The summed E-state index contributed by atoms with van der Waals surface area (Å²) >= 11 is 0. The monoisotopic (exact) mass is 446 g/mol. The van der Waals surface area contributed by atoms with Gasteiger partial charge in [-0.1, -0.05) is 0 Å². The molecule has 11 nitrogen and oxygen atoms in total. The number of esters is 4. The van der Waals surface area contributed by atoms with Gasteiger partial charge in [-0.3, -0.25) is 19.2 Å². The smallest absolute Gasteiger partial charge is 0.303 e. The molecule has 1 aliphatic heterocycles. The lowest BCUT2D eigenvalue weighted by Gasteiger charge is -2.44. The van der Waals surface area contributed by atoms with Crippen molar-refractivity contribution in [3.05, 3.63) is 0 Å². The zero-order chi connectivity index (χ0) is 23.6. The molecule has 0 aromatic heterocycles. The van der Waals surface area contributed by atoms with E-state index in [2.05, 4.69) is 0 Å². The molecule has 1 heterocycles. The van der Waals surface area contributed by atoms with Crippen LogP contribution >= 0.6 is 0 Å². The third kappa shape index (κ3) is 9.88. The Morgan fingerprint density at radius 2 is 1.26 bits per heavy atom. The minimum atomic E-state index is -1.26. The van der Waals surface area contributed by atoms with Gasteiger partial charge in [0.2, 0.25) is 0 Å². The van der Waals surface area contributed by atoms with Crippen molar-refractivity contribution in [2.45, 2.75) is 84.6 Å². The third-order valence-electron chi connectivity index (χ3n) is 4.15. The molecule has 11 heteroatoms. The zero-order valence-electron chi connectivity index (χ0n) is 18.4. The molecule has 1 fully saturated rings. The van der Waals surface area contributed by atoms with Crippen LogP contribution in [0.15, 0.2) is 0 Å². The SMILES string of the molecule is CC(=O)CCCCO[C@@H]1OC(COC(C)=O)[C@@H](OC(C)=O)[C@@H](OC(C)=O)C1OC(C)=O. The van der Waals surface area contributed by atoms with Crippen LogP contribution in [0.4, 0.5) is 0 Å². The highest BCUT2D eigenvalue weighted by Gasteiger charge is 2.52. The minimum absolute atomic E-state index is 0.0484. The summed E-state index contributed by atoms with van der Waals surface area (Å²) in [7, 11) is 0. The fourth-order valence-corrected chi connectivity index (χ4v) is 3.00. The quantitative estimate of drug-likeness (QED) is 0.253. The Bertz CT molecular complexity index is 660. The molecule has 0 spiro atoms. The molecular formula is C20H30O11. The predicted octanol–water partition coefficient (Wildman–Crippen LogP) is 0.845. The zero-order valence-corrected chi connectivity index (χ0v) is 18.4. The second kappa shape index (κ2) is 13.0. The lowest BCUT2D eigenvalue weighted by atomic mass is 9.98. The Morgan fingerprint density at radius 1 is 0.710 bits per heavy atom. The fraction of sp³-hybridized carbons (Fsp3) is 0.750. The van der Waals surface area contributed by atoms with E-state index in [9.17, 15) is 24.0 Å². The Kier molecular flexibility index (Phi) is 11.1. The maximum Gasteiger partial charge on any atom is 0.303 e. The van der Waals surface area contributed by atoms with Gasteiger partial charge in [-0.25, -0.2) is 0 Å². The Morgan fingerprint density at radius 3 is 1.77 bits per heavy atom. The molecule has 0 amide bonds. The number of Topliss-reactive ketones (excluding diaryl/α,β-unsaturated/α-hetero) is 1. The van der Waals surface area contributed by atoms with Crippen molar-refractivity contribution >= 4 is 29.7 Å². The minimum Gasteiger partial charge on any atom is -0.463 e. The van der Waals surface area contributed by atoms with Crippen LogP contribution < -0.4 is 0 Å². The van der Waals surface area contributed by atoms with E-state index in [1.165, 1.54) is 13.8 Å². The van der Waals surface area contributed by atoms with Crippen molar-refractivity contribution in [2.75, 3.05) is 13.2 Å². The molecule has 0 bridgehead atoms. The van der Waals surface area contributed by atoms with Gasteiger partial charge in [0.15, 0.2) is 24.6 Å². The first-order chi connectivity index (χ1) is 14.5. The maximum absolute atomic E-state index is 11.7. The largest absolute Gasteiger partial charge is 0.463 e. The van der Waals surface area contributed by atoms with E-state index in [1.807, 2.05) is 0 Å². The van der Waals surface area contributed by atoms with Gasteiger partial charge in [-0.2, -0.15) is 0 Å². The van der Waals surface area contributed by atoms with Crippen LogP contribution in [0.2, 0.25) is 0 Å². The van der Waals surface area contributed by atoms with E-state index in [-0.39, 0.29) is 19.0 Å². The number of unbranched alkanes of at least 4 members (excludes halogenated alkanes) is 1. The molecule has 5 atom stereocenters. The number of carbonyl (C=O) groups excluding carboxylic acids is 5. The molecule has 31 heavy (non-hydrogen) atoms. The van der Waals surface area contributed by atoms with Crippen LogP contribution in [0, 0.1) is 0 Å². The summed E-state index contributed by atoms with van der Waals surface area (Å²) in [6, 6.07) is 0. The highest BCUT2D eigenvalue weighted by molar-refractivity contribution is 5.75. The number of hydrogen-bond donors (Lipinski definition) is 0. The average Bonchev–Trinajstić information content (AvgIpc) is 2.62. The first-order valence-electron chi connectivity index (χ1n) is 9.92. The summed E-state index contributed by atoms with van der Waals surface area (Å²) in [5.41, 5.74) is 0. The normalized spacial score (nSPS) is 25.3. The Balaban J connectivity index is 3.11. The van der Waals surface area contributed by atoms with E-state index in [1.54, 1.807) is 0 Å². The first-order valence-corrected chi connectivity index (χ1v) is 9.92. The van der Waals surface area contributed by atoms with Crippen molar-refractivity contribution in [3.63, 3.8) is 0 Å². The molecule has 176 valence electrons. The topological polar surface area (TPSA) is 141 Å². The molecule has 0 radical (unpaired) electrons. The number of carbonyl (C=O) groups is 5. The second-order valence-corrected chi connectivity index (χ2v) is 7.10. The van der Waals surface area contributed by atoms with Crippen LogP contribution in [0.1, 0.15) is 53.9 Å². The van der Waals surface area contributed by atoms with Crippen molar-refractivity contribution in [3.8, 4) is 0 Å². The fourth-order valence-electron chi connectivity index (χ4n) is 3.00. The standard InChI is InChI=1S/C20H30O11/c1-11(21)8-6-7-9-26-20-19(30-15(5)25)18(29-14(4)24)17(28-13(3)23)16(31-20)10-27-12(2)22/h16-20H,6-10H2,1-5H3/t16?,17-,18-,19?,20-/m1/s1. The molecule has 0 N–H and O–H groups in total. The van der Waals surface area contributed by atoms with Crippen LogP contribution in [0.3, 0.4) is 0 Å². The van der Waals surface area contributed by atoms with Gasteiger partial charge >= 0.3 is 23.9 Å². The number of ether oxygens (including phenoxy) is 6. The molecule has 1 saturated heterocycles. The van der Waals surface area contributed by atoms with Crippen molar-refractivity contribution < 1.29 is 52.4 Å². The summed E-state index contributed by atoms with van der Waals surface area (Å²) < 4.78 is 32.3. The molecular weight excluding hydrogens is 416 g/mol. The summed E-state index contributed by atoms with van der Waals surface area (Å²) in [6.07, 6.45) is -4.48. The molecule has 1 aliphatic rings. The molecule has 0 aliphatic carbocycles. The van der Waals surface area contributed by atoms with Crippen molar-refractivity contribution in [1.82, 2.24) is 0 Å². The van der Waals surface area contributed by atoms with Crippen molar-refractivity contribution in [1.29, 1.82) is 0 Å². The lowest BCUT2D eigenvalue weighted by Crippen LogP contribution is -2.63. The number of ketones is 1. The lowest BCUT2D eigenvalue weighted by molar-refractivity contribution is -0.308. The van der Waals surface area contributed by atoms with Gasteiger partial charge in [0.05, 0.1) is 0 Å². The first kappa shape index (κ1) is 26.5. The summed E-state index contributed by atoms with van der Waals surface area (Å²) in [5, 5.41) is 0. The third-order valence-corrected chi connectivity index (χ3v) is 4.15. The summed E-state index contributed by atoms with van der Waals surface area (Å²) in [6.45, 7) is 5.96. The van der Waals surface area contributed by atoms with Crippen LogP contribution in [0.5, 0.6) is 0 Å². The predicted molar refractivity (Wildman–Crippen MR) is 102 cm³/mol. The van der Waals surface area contributed by atoms with Crippen molar-refractivity contribution in [2.24, 2.45) is 0 Å². The number of rotatable bonds is 11. The molecule has 1 rings (SSSR count).